The minimum atomic E-state index is -10.7. The summed E-state index contributed by atoms with van der Waals surface area (Å²) in [5.74, 6) is 1.72. The topological polar surface area (TPSA) is 4.44 Å². The van der Waals surface area contributed by atoms with Crippen molar-refractivity contribution in [3.63, 3.8) is 0 Å². The van der Waals surface area contributed by atoms with Gasteiger partial charge in [-0.25, -0.2) is 0 Å². The maximum atomic E-state index is 9.87. The van der Waals surface area contributed by atoms with E-state index in [0.29, 0.717) is 0 Å². The number of benzene rings is 1. The number of hydrogen-bond acceptors (Lipinski definition) is 0. The molecule has 0 saturated heterocycles. The molecule has 2 atom stereocenters. The summed E-state index contributed by atoms with van der Waals surface area (Å²) in [4.78, 5) is 1.45. The third-order valence-electron chi connectivity index (χ3n) is 3.88. The molecule has 23 heavy (non-hydrogen) atoms. The van der Waals surface area contributed by atoms with Crippen molar-refractivity contribution in [2.24, 2.45) is 5.92 Å². The Balaban J connectivity index is 0.000000322. The van der Waals surface area contributed by atoms with Gasteiger partial charge in [-0.3, -0.25) is 0 Å². The molecule has 0 unspecified atom stereocenters. The predicted octanol–water partition coefficient (Wildman–Crippen LogP) is 6.06. The molecule has 1 aliphatic carbocycles. The van der Waals surface area contributed by atoms with Crippen LogP contribution >= 0.6 is 7.81 Å². The third kappa shape index (κ3) is 9.16. The minimum absolute atomic E-state index is 0.805. The van der Waals surface area contributed by atoms with Crippen LogP contribution in [0.25, 0.3) is 0 Å². The summed E-state index contributed by atoms with van der Waals surface area (Å²) in [5.41, 5.74) is 4.49. The number of rotatable bonds is 2. The number of aryl methyl sites for hydroxylation is 1. The fraction of sp³-hybridized carbons (Fsp3) is 0.600. The Kier molecular flexibility index (Phi) is 5.21. The molecule has 2 rings (SSSR count). The third-order valence-corrected chi connectivity index (χ3v) is 3.88. The molecular formula is C15H24F6NP. The fourth-order valence-electron chi connectivity index (χ4n) is 2.96. The summed E-state index contributed by atoms with van der Waals surface area (Å²) >= 11 is 0. The Labute approximate surface area is 132 Å². The second kappa shape index (κ2) is 5.92. The van der Waals surface area contributed by atoms with Gasteiger partial charge in [-0.1, -0.05) is 25.0 Å². The van der Waals surface area contributed by atoms with E-state index in [1.54, 1.807) is 5.56 Å². The Bertz CT molecular complexity index is 541. The van der Waals surface area contributed by atoms with Crippen LogP contribution in [0.2, 0.25) is 0 Å². The van der Waals surface area contributed by atoms with E-state index in [1.165, 1.54) is 35.4 Å². The van der Waals surface area contributed by atoms with E-state index in [2.05, 4.69) is 46.1 Å². The van der Waals surface area contributed by atoms with Crippen molar-refractivity contribution in [3.05, 3.63) is 29.3 Å². The zero-order valence-corrected chi connectivity index (χ0v) is 14.6. The molecule has 0 amide bonds. The van der Waals surface area contributed by atoms with E-state index in [1.807, 2.05) is 0 Å². The number of halogens is 6. The summed E-state index contributed by atoms with van der Waals surface area (Å²) in [6.07, 6.45) is 4.16. The van der Waals surface area contributed by atoms with Gasteiger partial charge in [-0.2, -0.15) is 0 Å². The van der Waals surface area contributed by atoms with Crippen molar-refractivity contribution in [1.82, 2.24) is 0 Å². The second-order valence-electron chi connectivity index (χ2n) is 6.66. The maximum absolute atomic E-state index is 10.7. The molecule has 136 valence electrons. The molecule has 1 nitrogen and oxygen atoms in total. The van der Waals surface area contributed by atoms with Crippen molar-refractivity contribution >= 4 is 13.5 Å². The Morgan fingerprint density at radius 1 is 1.00 bits per heavy atom. The van der Waals surface area contributed by atoms with Crippen LogP contribution in [0.5, 0.6) is 0 Å². The number of quaternary nitrogens is 1. The first-order valence-corrected chi connectivity index (χ1v) is 9.53. The molecule has 0 aromatic heterocycles. The normalized spacial score (nSPS) is 24.7. The van der Waals surface area contributed by atoms with E-state index >= 15 is 0 Å². The number of nitrogens with one attached hydrogen (secondary N) is 1. The Hall–Kier alpha value is -0.810. The molecule has 0 aliphatic heterocycles. The first-order valence-electron chi connectivity index (χ1n) is 7.50. The average Bonchev–Trinajstić information content (AvgIpc) is 2.71. The van der Waals surface area contributed by atoms with Gasteiger partial charge in [-0.15, -0.1) is 0 Å². The summed E-state index contributed by atoms with van der Waals surface area (Å²) in [7, 11) is -6.20. The van der Waals surface area contributed by atoms with Crippen LogP contribution in [-0.2, 0) is 0 Å². The SMILES string of the molecule is Cc1ccc([NH+](C)C)c([C@H]2CC[C@@H](C)C2)c1.F[P-](F)(F)(F)(F)F. The molecule has 1 aromatic rings. The van der Waals surface area contributed by atoms with Crippen LogP contribution < -0.4 is 4.90 Å². The van der Waals surface area contributed by atoms with Gasteiger partial charge in [0, 0.05) is 5.56 Å². The molecule has 1 fully saturated rings. The van der Waals surface area contributed by atoms with Crippen LogP contribution in [-0.4, -0.2) is 14.1 Å². The monoisotopic (exact) mass is 363 g/mol. The van der Waals surface area contributed by atoms with Crippen LogP contribution in [0, 0.1) is 12.8 Å². The van der Waals surface area contributed by atoms with Gasteiger partial charge in [0.25, 0.3) is 0 Å². The van der Waals surface area contributed by atoms with Gasteiger partial charge in [0.1, 0.15) is 5.69 Å². The fourth-order valence-corrected chi connectivity index (χ4v) is 2.96. The molecule has 0 radical (unpaired) electrons. The molecule has 0 heterocycles. The Morgan fingerprint density at radius 3 is 1.91 bits per heavy atom. The number of hydrogen-bond donors (Lipinski definition) is 1. The predicted molar refractivity (Wildman–Crippen MR) is 83.0 cm³/mol. The van der Waals surface area contributed by atoms with E-state index in [9.17, 15) is 25.2 Å². The molecule has 1 saturated carbocycles. The summed E-state index contributed by atoms with van der Waals surface area (Å²) in [6.45, 7) is 4.59. The standard InChI is InChI=1S/C15H23N.F6P/c1-11-5-7-13(9-11)14-10-12(2)6-8-15(14)16(3)4;1-7(2,3,4,5)6/h6,8,10-11,13H,5,7,9H2,1-4H3;/q;-1/p+1/t11-,13+;/m1./s1. The van der Waals surface area contributed by atoms with Crippen LogP contribution in [0.15, 0.2) is 18.2 Å². The molecular weight excluding hydrogens is 339 g/mol. The van der Waals surface area contributed by atoms with E-state index < -0.39 is 7.81 Å². The summed E-state index contributed by atoms with van der Waals surface area (Å²) < 4.78 is 59.2. The van der Waals surface area contributed by atoms with Gasteiger partial charge in [0.15, 0.2) is 0 Å². The molecule has 1 aliphatic rings. The molecule has 1 N–H and O–H groups in total. The van der Waals surface area contributed by atoms with Crippen LogP contribution in [0.1, 0.15) is 43.2 Å². The molecule has 0 bridgehead atoms. The van der Waals surface area contributed by atoms with E-state index in [4.69, 9.17) is 0 Å². The average molecular weight is 363 g/mol. The molecule has 8 heteroatoms. The van der Waals surface area contributed by atoms with Crippen molar-refractivity contribution < 1.29 is 30.1 Å². The first-order chi connectivity index (χ1) is 10.0. The summed E-state index contributed by atoms with van der Waals surface area (Å²) in [6, 6.07) is 6.96. The Morgan fingerprint density at radius 2 is 1.52 bits per heavy atom. The van der Waals surface area contributed by atoms with Crippen LogP contribution in [0.4, 0.5) is 30.9 Å². The summed E-state index contributed by atoms with van der Waals surface area (Å²) in [5, 5.41) is 0. The van der Waals surface area contributed by atoms with Gasteiger partial charge in [0.2, 0.25) is 0 Å². The van der Waals surface area contributed by atoms with Gasteiger partial charge < -0.3 is 4.90 Å². The molecule has 1 aromatic carbocycles. The van der Waals surface area contributed by atoms with Gasteiger partial charge in [0.05, 0.1) is 14.1 Å². The first kappa shape index (κ1) is 20.2. The van der Waals surface area contributed by atoms with Crippen LogP contribution in [0.3, 0.4) is 0 Å². The van der Waals surface area contributed by atoms with Crippen molar-refractivity contribution in [1.29, 1.82) is 0 Å². The quantitative estimate of drug-likeness (QED) is 0.481. The van der Waals surface area contributed by atoms with Crippen molar-refractivity contribution in [3.8, 4) is 0 Å². The van der Waals surface area contributed by atoms with Gasteiger partial charge >= 0.3 is 33.0 Å². The van der Waals surface area contributed by atoms with E-state index in [0.717, 1.165) is 11.8 Å². The molecule has 0 spiro atoms. The van der Waals surface area contributed by atoms with Crippen molar-refractivity contribution in [2.45, 2.75) is 39.0 Å². The van der Waals surface area contributed by atoms with E-state index in [-0.39, 0.29) is 0 Å². The van der Waals surface area contributed by atoms with Gasteiger partial charge in [-0.05, 0) is 43.7 Å². The zero-order chi connectivity index (χ0) is 18.1. The zero-order valence-electron chi connectivity index (χ0n) is 13.7. The second-order valence-corrected chi connectivity index (χ2v) is 8.58. The van der Waals surface area contributed by atoms with Crippen molar-refractivity contribution in [2.75, 3.05) is 14.1 Å².